The van der Waals surface area contributed by atoms with Gasteiger partial charge in [0.05, 0.1) is 38.8 Å². The van der Waals surface area contributed by atoms with Crippen molar-refractivity contribution in [3.05, 3.63) is 53.7 Å². The SMILES string of the molecule is COc1cc(Nc2ncc(C#N)c(-c3ccc(C(C)(C)N)cc3)n2)cc(OC)c1OC. The molecular weight excluding hydrogens is 394 g/mol. The molecule has 0 aliphatic rings. The van der Waals surface area contributed by atoms with E-state index in [-0.39, 0.29) is 0 Å². The molecule has 0 radical (unpaired) electrons. The summed E-state index contributed by atoms with van der Waals surface area (Å²) in [5.41, 5.74) is 9.02. The molecule has 0 spiro atoms. The van der Waals surface area contributed by atoms with Crippen LogP contribution < -0.4 is 25.3 Å². The molecule has 0 saturated carbocycles. The number of nitrogens with zero attached hydrogens (tertiary/aromatic N) is 3. The predicted octanol–water partition coefficient (Wildman–Crippen LogP) is 3.98. The molecule has 1 aromatic heterocycles. The molecule has 160 valence electrons. The van der Waals surface area contributed by atoms with Crippen LogP contribution >= 0.6 is 0 Å². The zero-order chi connectivity index (χ0) is 22.6. The number of benzene rings is 2. The van der Waals surface area contributed by atoms with E-state index in [2.05, 4.69) is 21.4 Å². The van der Waals surface area contributed by atoms with Crippen LogP contribution in [0, 0.1) is 11.3 Å². The van der Waals surface area contributed by atoms with Gasteiger partial charge in [0, 0.05) is 28.9 Å². The second kappa shape index (κ2) is 8.90. The fourth-order valence-electron chi connectivity index (χ4n) is 3.08. The van der Waals surface area contributed by atoms with Gasteiger partial charge in [0.25, 0.3) is 0 Å². The molecule has 3 N–H and O–H groups in total. The van der Waals surface area contributed by atoms with Gasteiger partial charge in [0.1, 0.15) is 6.07 Å². The molecule has 0 amide bonds. The number of rotatable bonds is 7. The highest BCUT2D eigenvalue weighted by molar-refractivity contribution is 5.70. The summed E-state index contributed by atoms with van der Waals surface area (Å²) in [6, 6.07) is 13.3. The van der Waals surface area contributed by atoms with Gasteiger partial charge < -0.3 is 25.3 Å². The average molecular weight is 419 g/mol. The van der Waals surface area contributed by atoms with Crippen LogP contribution in [0.1, 0.15) is 25.0 Å². The van der Waals surface area contributed by atoms with Crippen LogP contribution in [0.15, 0.2) is 42.6 Å². The van der Waals surface area contributed by atoms with Gasteiger partial charge in [-0.25, -0.2) is 9.97 Å². The lowest BCUT2D eigenvalue weighted by Gasteiger charge is -2.19. The second-order valence-corrected chi connectivity index (χ2v) is 7.41. The monoisotopic (exact) mass is 419 g/mol. The molecule has 8 nitrogen and oxygen atoms in total. The van der Waals surface area contributed by atoms with Crippen molar-refractivity contribution in [2.75, 3.05) is 26.6 Å². The Kier molecular flexibility index (Phi) is 6.28. The minimum Gasteiger partial charge on any atom is -0.493 e. The third-order valence-corrected chi connectivity index (χ3v) is 4.73. The molecule has 0 aliphatic carbocycles. The number of hydrogen-bond acceptors (Lipinski definition) is 8. The van der Waals surface area contributed by atoms with Crippen LogP contribution in [0.4, 0.5) is 11.6 Å². The van der Waals surface area contributed by atoms with E-state index in [0.29, 0.717) is 40.1 Å². The smallest absolute Gasteiger partial charge is 0.227 e. The van der Waals surface area contributed by atoms with Gasteiger partial charge in [-0.05, 0) is 19.4 Å². The molecule has 0 aliphatic heterocycles. The molecule has 3 aromatic rings. The minimum atomic E-state index is -0.457. The zero-order valence-corrected chi connectivity index (χ0v) is 18.2. The van der Waals surface area contributed by atoms with E-state index < -0.39 is 5.54 Å². The van der Waals surface area contributed by atoms with E-state index in [1.807, 2.05) is 38.1 Å². The van der Waals surface area contributed by atoms with Crippen molar-refractivity contribution >= 4 is 11.6 Å². The van der Waals surface area contributed by atoms with Crippen molar-refractivity contribution in [1.29, 1.82) is 5.26 Å². The molecule has 8 heteroatoms. The van der Waals surface area contributed by atoms with Gasteiger partial charge in [-0.2, -0.15) is 5.26 Å². The predicted molar refractivity (Wildman–Crippen MR) is 119 cm³/mol. The van der Waals surface area contributed by atoms with Crippen LogP contribution in [0.25, 0.3) is 11.3 Å². The summed E-state index contributed by atoms with van der Waals surface area (Å²) < 4.78 is 16.1. The van der Waals surface area contributed by atoms with Crippen LogP contribution in [0.3, 0.4) is 0 Å². The molecule has 0 atom stereocenters. The molecule has 0 bridgehead atoms. The molecule has 31 heavy (non-hydrogen) atoms. The van der Waals surface area contributed by atoms with Crippen LogP contribution in [0.5, 0.6) is 17.2 Å². The highest BCUT2D eigenvalue weighted by atomic mass is 16.5. The summed E-state index contributed by atoms with van der Waals surface area (Å²) >= 11 is 0. The van der Waals surface area contributed by atoms with Crippen molar-refractivity contribution in [2.24, 2.45) is 5.73 Å². The molecule has 2 aromatic carbocycles. The number of hydrogen-bond donors (Lipinski definition) is 2. The Morgan fingerprint density at radius 2 is 1.61 bits per heavy atom. The first-order valence-corrected chi connectivity index (χ1v) is 9.54. The van der Waals surface area contributed by atoms with Crippen molar-refractivity contribution in [1.82, 2.24) is 9.97 Å². The molecule has 0 fully saturated rings. The maximum Gasteiger partial charge on any atom is 0.227 e. The Bertz CT molecular complexity index is 1090. The lowest BCUT2D eigenvalue weighted by atomic mass is 9.94. The number of nitrogens with one attached hydrogen (secondary N) is 1. The summed E-state index contributed by atoms with van der Waals surface area (Å²) in [6.07, 6.45) is 1.49. The Balaban J connectivity index is 1.99. The van der Waals surface area contributed by atoms with E-state index in [4.69, 9.17) is 19.9 Å². The molecule has 3 rings (SSSR count). The number of nitrogens with two attached hydrogens (primary N) is 1. The van der Waals surface area contributed by atoms with Crippen molar-refractivity contribution in [3.8, 4) is 34.6 Å². The van der Waals surface area contributed by atoms with Gasteiger partial charge in [-0.1, -0.05) is 24.3 Å². The lowest BCUT2D eigenvalue weighted by molar-refractivity contribution is 0.324. The minimum absolute atomic E-state index is 0.325. The first kappa shape index (κ1) is 21.9. The Labute approximate surface area is 181 Å². The summed E-state index contributed by atoms with van der Waals surface area (Å²) in [5, 5.41) is 12.7. The molecule has 1 heterocycles. The van der Waals surface area contributed by atoms with Crippen LogP contribution in [-0.4, -0.2) is 31.3 Å². The summed E-state index contributed by atoms with van der Waals surface area (Å²) in [7, 11) is 4.63. The van der Waals surface area contributed by atoms with Crippen molar-refractivity contribution in [2.45, 2.75) is 19.4 Å². The van der Waals surface area contributed by atoms with E-state index in [1.165, 1.54) is 6.20 Å². The standard InChI is InChI=1S/C23H25N5O3/c1-23(2,25)16-8-6-14(7-9-16)20-15(12-24)13-26-22(28-20)27-17-10-18(29-3)21(31-5)19(11-17)30-4/h6-11,13H,25H2,1-5H3,(H,26,27,28). The van der Waals surface area contributed by atoms with Gasteiger partial charge >= 0.3 is 0 Å². The number of aromatic nitrogens is 2. The highest BCUT2D eigenvalue weighted by Gasteiger charge is 2.17. The third kappa shape index (κ3) is 4.68. The van der Waals surface area contributed by atoms with Crippen LogP contribution in [-0.2, 0) is 5.54 Å². The largest absolute Gasteiger partial charge is 0.493 e. The quantitative estimate of drug-likeness (QED) is 0.591. The molecular formula is C23H25N5O3. The topological polar surface area (TPSA) is 115 Å². The number of ether oxygens (including phenoxy) is 3. The Hall–Kier alpha value is -3.83. The first-order valence-electron chi connectivity index (χ1n) is 9.54. The Morgan fingerprint density at radius 3 is 2.10 bits per heavy atom. The van der Waals surface area contributed by atoms with E-state index in [1.54, 1.807) is 33.5 Å². The molecule has 0 saturated heterocycles. The lowest BCUT2D eigenvalue weighted by Crippen LogP contribution is -2.28. The van der Waals surface area contributed by atoms with E-state index in [9.17, 15) is 5.26 Å². The summed E-state index contributed by atoms with van der Waals surface area (Å²) in [4.78, 5) is 8.83. The number of anilines is 2. The maximum atomic E-state index is 9.52. The first-order chi connectivity index (χ1) is 14.8. The fourth-order valence-corrected chi connectivity index (χ4v) is 3.08. The van der Waals surface area contributed by atoms with Gasteiger partial charge in [-0.15, -0.1) is 0 Å². The normalized spacial score (nSPS) is 10.9. The van der Waals surface area contributed by atoms with Gasteiger partial charge in [-0.3, -0.25) is 0 Å². The number of methoxy groups -OCH3 is 3. The van der Waals surface area contributed by atoms with E-state index >= 15 is 0 Å². The highest BCUT2D eigenvalue weighted by Crippen LogP contribution is 2.40. The van der Waals surface area contributed by atoms with Crippen LogP contribution in [0.2, 0.25) is 0 Å². The van der Waals surface area contributed by atoms with Crippen molar-refractivity contribution < 1.29 is 14.2 Å². The average Bonchev–Trinajstić information content (AvgIpc) is 2.77. The van der Waals surface area contributed by atoms with Gasteiger partial charge in [0.15, 0.2) is 11.5 Å². The summed E-state index contributed by atoms with van der Waals surface area (Å²) in [6.45, 7) is 3.87. The van der Waals surface area contributed by atoms with E-state index in [0.717, 1.165) is 11.1 Å². The molecule has 0 unspecified atom stereocenters. The van der Waals surface area contributed by atoms with Gasteiger partial charge in [0.2, 0.25) is 11.7 Å². The maximum absolute atomic E-state index is 9.52. The summed E-state index contributed by atoms with van der Waals surface area (Å²) in [5.74, 6) is 1.81. The fraction of sp³-hybridized carbons (Fsp3) is 0.261. The third-order valence-electron chi connectivity index (χ3n) is 4.73. The van der Waals surface area contributed by atoms with Crippen molar-refractivity contribution in [3.63, 3.8) is 0 Å². The second-order valence-electron chi connectivity index (χ2n) is 7.41. The number of nitriles is 1. The zero-order valence-electron chi connectivity index (χ0n) is 18.2. The Morgan fingerprint density at radius 1 is 1.00 bits per heavy atom.